The zero-order chi connectivity index (χ0) is 7.90. The van der Waals surface area contributed by atoms with E-state index in [1.54, 1.807) is 0 Å². The van der Waals surface area contributed by atoms with E-state index < -0.39 is 7.37 Å². The van der Waals surface area contributed by atoms with Crippen LogP contribution in [0.5, 0.6) is 0 Å². The molecule has 1 saturated heterocycles. The molecule has 62 valence electrons. The summed E-state index contributed by atoms with van der Waals surface area (Å²) in [5, 5.41) is 3.19. The van der Waals surface area contributed by atoms with Crippen molar-refractivity contribution in [2.45, 2.75) is 12.1 Å². The zero-order valence-corrected chi connectivity index (χ0v) is 7.18. The normalized spacial score (nSPS) is 43.4. The Balaban J connectivity index is 2.25. The molecule has 2 aliphatic heterocycles. The number of piperidine rings is 1. The van der Waals surface area contributed by atoms with Gasteiger partial charge in [-0.05, 0) is 18.5 Å². The highest BCUT2D eigenvalue weighted by atomic mass is 31.2. The Hall–Kier alpha value is -0.110. The Morgan fingerprint density at radius 2 is 2.55 bits per heavy atom. The van der Waals surface area contributed by atoms with Crippen molar-refractivity contribution in [2.24, 2.45) is 0 Å². The molecule has 0 radical (unpaired) electrons. The molecule has 0 aromatic rings. The summed E-state index contributed by atoms with van der Waals surface area (Å²) in [4.78, 5) is 9.47. The molecule has 0 amide bonds. The highest BCUT2D eigenvalue weighted by Crippen LogP contribution is 2.55. The molecule has 2 unspecified atom stereocenters. The van der Waals surface area contributed by atoms with Gasteiger partial charge in [0.25, 0.3) is 0 Å². The van der Waals surface area contributed by atoms with E-state index in [9.17, 15) is 9.46 Å². The second-order valence-electron chi connectivity index (χ2n) is 3.20. The van der Waals surface area contributed by atoms with Crippen molar-refractivity contribution < 1.29 is 9.46 Å². The highest BCUT2D eigenvalue weighted by Gasteiger charge is 2.38. The molecule has 0 aliphatic carbocycles. The largest absolute Gasteiger partial charge is 0.344 e. The van der Waals surface area contributed by atoms with Gasteiger partial charge >= 0.3 is 0 Å². The van der Waals surface area contributed by atoms with Crippen molar-refractivity contribution in [1.29, 1.82) is 0 Å². The molecule has 2 rings (SSSR count). The van der Waals surface area contributed by atoms with E-state index in [1.807, 2.05) is 6.08 Å². The minimum absolute atomic E-state index is 0.0104. The number of rotatable bonds is 0. The van der Waals surface area contributed by atoms with E-state index in [-0.39, 0.29) is 5.66 Å². The predicted octanol–water partition coefficient (Wildman–Crippen LogP) is 0.559. The first-order chi connectivity index (χ1) is 5.20. The van der Waals surface area contributed by atoms with Gasteiger partial charge < -0.3 is 10.2 Å². The van der Waals surface area contributed by atoms with E-state index in [2.05, 4.69) is 5.32 Å². The van der Waals surface area contributed by atoms with Crippen molar-refractivity contribution in [3.05, 3.63) is 11.6 Å². The molecule has 0 aromatic carbocycles. The molecule has 2 heterocycles. The molecule has 11 heavy (non-hydrogen) atoms. The maximum atomic E-state index is 11.5. The van der Waals surface area contributed by atoms with Crippen molar-refractivity contribution in [3.8, 4) is 0 Å². The van der Waals surface area contributed by atoms with E-state index in [4.69, 9.17) is 0 Å². The van der Waals surface area contributed by atoms with Crippen LogP contribution in [-0.2, 0) is 4.57 Å². The van der Waals surface area contributed by atoms with Gasteiger partial charge in [-0.15, -0.1) is 0 Å². The second kappa shape index (κ2) is 2.44. The summed E-state index contributed by atoms with van der Waals surface area (Å²) in [6, 6.07) is 0. The van der Waals surface area contributed by atoms with Gasteiger partial charge in [-0.25, -0.2) is 0 Å². The standard InChI is InChI=1S/C7H12NO2P/c9-11(10)4-2-6-5-8-3-1-7(6)11/h2,7-8H,1,3-5H2,(H,9,10). The molecular weight excluding hydrogens is 161 g/mol. The third-order valence-electron chi connectivity index (χ3n) is 2.45. The van der Waals surface area contributed by atoms with E-state index in [0.29, 0.717) is 6.16 Å². The predicted molar refractivity (Wildman–Crippen MR) is 44.1 cm³/mol. The molecule has 0 aromatic heterocycles. The number of hydrogen-bond acceptors (Lipinski definition) is 2. The van der Waals surface area contributed by atoms with Gasteiger partial charge in [0.05, 0.1) is 5.66 Å². The summed E-state index contributed by atoms with van der Waals surface area (Å²) >= 11 is 0. The van der Waals surface area contributed by atoms with Crippen molar-refractivity contribution in [2.75, 3.05) is 19.3 Å². The zero-order valence-electron chi connectivity index (χ0n) is 6.29. The number of nitrogens with one attached hydrogen (secondary N) is 1. The molecule has 3 nitrogen and oxygen atoms in total. The Morgan fingerprint density at radius 1 is 1.73 bits per heavy atom. The average molecular weight is 173 g/mol. The lowest BCUT2D eigenvalue weighted by molar-refractivity contribution is 0.463. The van der Waals surface area contributed by atoms with Crippen LogP contribution in [0.1, 0.15) is 6.42 Å². The van der Waals surface area contributed by atoms with E-state index in [1.165, 1.54) is 0 Å². The van der Waals surface area contributed by atoms with Gasteiger partial charge in [0.2, 0.25) is 7.37 Å². The minimum Gasteiger partial charge on any atom is -0.344 e. The Kier molecular flexibility index (Phi) is 1.67. The van der Waals surface area contributed by atoms with Crippen LogP contribution in [0.25, 0.3) is 0 Å². The van der Waals surface area contributed by atoms with Crippen molar-refractivity contribution in [1.82, 2.24) is 5.32 Å². The van der Waals surface area contributed by atoms with Crippen molar-refractivity contribution >= 4 is 7.37 Å². The van der Waals surface area contributed by atoms with Crippen molar-refractivity contribution in [3.63, 3.8) is 0 Å². The van der Waals surface area contributed by atoms with Crippen LogP contribution >= 0.6 is 7.37 Å². The Labute approximate surface area is 65.9 Å². The molecular formula is C7H12NO2P. The van der Waals surface area contributed by atoms with Crippen LogP contribution in [0.4, 0.5) is 0 Å². The monoisotopic (exact) mass is 173 g/mol. The van der Waals surface area contributed by atoms with Crippen LogP contribution in [0.15, 0.2) is 11.6 Å². The Bertz CT molecular complexity index is 249. The lowest BCUT2D eigenvalue weighted by atomic mass is 10.1. The summed E-state index contributed by atoms with van der Waals surface area (Å²) in [6.07, 6.45) is 3.16. The van der Waals surface area contributed by atoms with Gasteiger partial charge in [-0.3, -0.25) is 4.57 Å². The van der Waals surface area contributed by atoms with E-state index >= 15 is 0 Å². The summed E-state index contributed by atoms with van der Waals surface area (Å²) in [5.41, 5.74) is 1.14. The number of allylic oxidation sites excluding steroid dienone is 1. The van der Waals surface area contributed by atoms with Crippen LogP contribution in [-0.4, -0.2) is 29.8 Å². The average Bonchev–Trinajstić information content (AvgIpc) is 2.29. The summed E-state index contributed by atoms with van der Waals surface area (Å²) in [7, 11) is -2.81. The van der Waals surface area contributed by atoms with Crippen LogP contribution in [0.2, 0.25) is 0 Å². The summed E-state index contributed by atoms with van der Waals surface area (Å²) < 4.78 is 11.5. The fourth-order valence-corrected chi connectivity index (χ4v) is 3.82. The van der Waals surface area contributed by atoms with Gasteiger partial charge in [-0.2, -0.15) is 0 Å². The fourth-order valence-electron chi connectivity index (χ4n) is 1.82. The van der Waals surface area contributed by atoms with Crippen LogP contribution in [0.3, 0.4) is 0 Å². The summed E-state index contributed by atoms with van der Waals surface area (Å²) in [6.45, 7) is 1.70. The molecule has 0 saturated carbocycles. The Morgan fingerprint density at radius 3 is 3.27 bits per heavy atom. The summed E-state index contributed by atoms with van der Waals surface area (Å²) in [5.74, 6) is 0. The van der Waals surface area contributed by atoms with Gasteiger partial charge in [0, 0.05) is 12.7 Å². The maximum Gasteiger partial charge on any atom is 0.211 e. The second-order valence-corrected chi connectivity index (χ2v) is 5.70. The van der Waals surface area contributed by atoms with Gasteiger partial charge in [-0.1, -0.05) is 6.08 Å². The minimum atomic E-state index is -2.81. The van der Waals surface area contributed by atoms with Crippen LogP contribution in [0, 0.1) is 0 Å². The molecule has 0 spiro atoms. The molecule has 0 bridgehead atoms. The lowest BCUT2D eigenvalue weighted by Crippen LogP contribution is -2.31. The maximum absolute atomic E-state index is 11.5. The molecule has 4 heteroatoms. The molecule has 2 aliphatic rings. The number of hydrogen-bond donors (Lipinski definition) is 2. The number of fused-ring (bicyclic) bond motifs is 1. The fraction of sp³-hybridized carbons (Fsp3) is 0.714. The smallest absolute Gasteiger partial charge is 0.211 e. The lowest BCUT2D eigenvalue weighted by Gasteiger charge is -2.24. The van der Waals surface area contributed by atoms with E-state index in [0.717, 1.165) is 25.1 Å². The highest BCUT2D eigenvalue weighted by molar-refractivity contribution is 7.59. The topological polar surface area (TPSA) is 49.3 Å². The quantitative estimate of drug-likeness (QED) is 0.415. The third-order valence-corrected chi connectivity index (χ3v) is 4.72. The first-order valence-corrected chi connectivity index (χ1v) is 5.83. The molecule has 1 fully saturated rings. The van der Waals surface area contributed by atoms with Gasteiger partial charge in [0.1, 0.15) is 0 Å². The third kappa shape index (κ3) is 1.18. The van der Waals surface area contributed by atoms with Crippen LogP contribution < -0.4 is 5.32 Å². The van der Waals surface area contributed by atoms with Gasteiger partial charge in [0.15, 0.2) is 0 Å². The first kappa shape index (κ1) is 7.53. The molecule has 2 atom stereocenters. The first-order valence-electron chi connectivity index (χ1n) is 3.91. The molecule has 2 N–H and O–H groups in total. The SMILES string of the molecule is O=P1(O)CC=C2CNCCC21.